The molecule has 1 unspecified atom stereocenters. The molecule has 150 valence electrons. The molecule has 0 fully saturated rings. The highest BCUT2D eigenvalue weighted by Gasteiger charge is 2.27. The maximum Gasteiger partial charge on any atom is 0.313 e. The summed E-state index contributed by atoms with van der Waals surface area (Å²) in [5.74, 6) is -0.349. The first-order chi connectivity index (χ1) is 14.0. The van der Waals surface area contributed by atoms with Gasteiger partial charge in [0.15, 0.2) is 0 Å². The lowest BCUT2D eigenvalue weighted by Crippen LogP contribution is -2.12. The number of nitrogens with one attached hydrogen (secondary N) is 1. The van der Waals surface area contributed by atoms with Gasteiger partial charge < -0.3 is 14.8 Å². The number of hydrogen-bond donors (Lipinski definition) is 1. The van der Waals surface area contributed by atoms with Crippen molar-refractivity contribution in [2.75, 3.05) is 25.6 Å². The average Bonchev–Trinajstić information content (AvgIpc) is 3.15. The number of thiocarbonyl (C=S) groups is 1. The van der Waals surface area contributed by atoms with Crippen molar-refractivity contribution in [3.05, 3.63) is 63.6 Å². The molecule has 0 saturated heterocycles. The number of carbonyl (C=O) groups is 1. The maximum absolute atomic E-state index is 11.4. The molecule has 2 aromatic rings. The van der Waals surface area contributed by atoms with Gasteiger partial charge in [0, 0.05) is 18.4 Å². The molecule has 0 saturated carbocycles. The van der Waals surface area contributed by atoms with Crippen molar-refractivity contribution in [2.24, 2.45) is 9.98 Å². The zero-order chi connectivity index (χ0) is 20.8. The Morgan fingerprint density at radius 2 is 1.93 bits per heavy atom. The van der Waals surface area contributed by atoms with Crippen LogP contribution < -0.4 is 5.32 Å². The van der Waals surface area contributed by atoms with E-state index < -0.39 is 0 Å². The lowest BCUT2D eigenvalue weighted by atomic mass is 9.97. The third-order valence-corrected chi connectivity index (χ3v) is 5.00. The number of hydrogen-bond acceptors (Lipinski definition) is 6. The molecule has 0 radical (unpaired) electrons. The van der Waals surface area contributed by atoms with Gasteiger partial charge in [-0.2, -0.15) is 4.99 Å². The Morgan fingerprint density at radius 1 is 1.17 bits per heavy atom. The number of aliphatic imine (C=N–C) groups is 2. The van der Waals surface area contributed by atoms with E-state index in [4.69, 9.17) is 32.7 Å². The number of halogens is 2. The lowest BCUT2D eigenvalue weighted by molar-refractivity contribution is -0.109. The first kappa shape index (κ1) is 21.4. The molecule has 0 aromatic heterocycles. The second-order valence-electron chi connectivity index (χ2n) is 6.01. The van der Waals surface area contributed by atoms with Gasteiger partial charge in [-0.3, -0.25) is 4.79 Å². The summed E-state index contributed by atoms with van der Waals surface area (Å²) >= 11 is 16.8. The zero-order valence-corrected chi connectivity index (χ0v) is 17.7. The topological polar surface area (TPSA) is 72.3 Å². The third kappa shape index (κ3) is 5.39. The summed E-state index contributed by atoms with van der Waals surface area (Å²) in [4.78, 5) is 20.6. The molecule has 9 heteroatoms. The molecule has 6 nitrogen and oxygen atoms in total. The number of methoxy groups -OCH3 is 1. The van der Waals surface area contributed by atoms with Gasteiger partial charge >= 0.3 is 6.02 Å². The van der Waals surface area contributed by atoms with Crippen LogP contribution in [-0.4, -0.2) is 43.3 Å². The Labute approximate surface area is 183 Å². The van der Waals surface area contributed by atoms with Crippen molar-refractivity contribution in [1.29, 1.82) is 0 Å². The van der Waals surface area contributed by atoms with Crippen molar-refractivity contribution in [3.63, 3.8) is 0 Å². The summed E-state index contributed by atoms with van der Waals surface area (Å²) in [6, 6.07) is 12.4. The Balaban J connectivity index is 1.90. The molecule has 1 atom stereocenters. The summed E-state index contributed by atoms with van der Waals surface area (Å²) < 4.78 is 10.6. The van der Waals surface area contributed by atoms with E-state index in [1.807, 2.05) is 18.2 Å². The van der Waals surface area contributed by atoms with Gasteiger partial charge in [-0.25, -0.2) is 4.99 Å². The van der Waals surface area contributed by atoms with Crippen LogP contribution in [0.4, 0.5) is 5.69 Å². The Hall–Kier alpha value is -2.32. The number of carbonyl (C=O) groups excluding carboxylic acids is 1. The second-order valence-corrected chi connectivity index (χ2v) is 7.06. The van der Waals surface area contributed by atoms with Crippen LogP contribution in [0.3, 0.4) is 0 Å². The predicted molar refractivity (Wildman–Crippen MR) is 120 cm³/mol. The van der Waals surface area contributed by atoms with E-state index in [1.54, 1.807) is 31.4 Å². The SMILES string of the molecule is COCCOC1=NC(c2ccc(NC(=O)C=S)cc2)C(c2ccc(Cl)c(Cl)c2)=N1. The molecule has 1 aliphatic rings. The van der Waals surface area contributed by atoms with Gasteiger partial charge in [0.1, 0.15) is 12.6 Å². The van der Waals surface area contributed by atoms with E-state index in [1.165, 1.54) is 0 Å². The quantitative estimate of drug-likeness (QED) is 0.498. The molecule has 1 N–H and O–H groups in total. The van der Waals surface area contributed by atoms with Crippen LogP contribution in [0.5, 0.6) is 0 Å². The molecule has 3 rings (SSSR count). The summed E-state index contributed by atoms with van der Waals surface area (Å²) in [5, 5.41) is 4.61. The molecule has 1 aliphatic heterocycles. The van der Waals surface area contributed by atoms with Crippen LogP contribution in [0, 0.1) is 0 Å². The van der Waals surface area contributed by atoms with Gasteiger partial charge in [-0.05, 0) is 29.8 Å². The van der Waals surface area contributed by atoms with Crippen LogP contribution in [0.1, 0.15) is 17.2 Å². The fourth-order valence-corrected chi connectivity index (χ4v) is 3.04. The summed E-state index contributed by atoms with van der Waals surface area (Å²) in [5.41, 5.74) is 2.98. The number of nitrogens with zero attached hydrogens (tertiary/aromatic N) is 2. The normalized spacial score (nSPS) is 15.5. The van der Waals surface area contributed by atoms with Gasteiger partial charge in [-0.15, -0.1) is 0 Å². The van der Waals surface area contributed by atoms with Crippen LogP contribution >= 0.6 is 35.4 Å². The first-order valence-corrected chi connectivity index (χ1v) is 9.84. The van der Waals surface area contributed by atoms with Crippen LogP contribution in [-0.2, 0) is 14.3 Å². The fourth-order valence-electron chi connectivity index (χ4n) is 2.68. The Bertz CT molecular complexity index is 977. The molecule has 0 spiro atoms. The smallest absolute Gasteiger partial charge is 0.313 e. The highest BCUT2D eigenvalue weighted by atomic mass is 35.5. The Morgan fingerprint density at radius 3 is 2.59 bits per heavy atom. The van der Waals surface area contributed by atoms with Gasteiger partial charge in [0.2, 0.25) is 0 Å². The minimum Gasteiger partial charge on any atom is -0.461 e. The number of benzene rings is 2. The van der Waals surface area contributed by atoms with E-state index in [0.29, 0.717) is 34.7 Å². The minimum absolute atomic E-state index is 0.270. The highest BCUT2D eigenvalue weighted by molar-refractivity contribution is 7.80. The molecule has 0 bridgehead atoms. The molecule has 1 heterocycles. The molecule has 29 heavy (non-hydrogen) atoms. The first-order valence-electron chi connectivity index (χ1n) is 8.61. The average molecular weight is 450 g/mol. The van der Waals surface area contributed by atoms with E-state index >= 15 is 0 Å². The monoisotopic (exact) mass is 449 g/mol. The molecular formula is C20H17Cl2N3O3S. The predicted octanol–water partition coefficient (Wildman–Crippen LogP) is 4.49. The van der Waals surface area contributed by atoms with Crippen molar-refractivity contribution < 1.29 is 14.3 Å². The number of rotatable bonds is 7. The van der Waals surface area contributed by atoms with Crippen molar-refractivity contribution >= 4 is 64.1 Å². The van der Waals surface area contributed by atoms with E-state index in [-0.39, 0.29) is 18.0 Å². The molecular weight excluding hydrogens is 433 g/mol. The third-order valence-electron chi connectivity index (χ3n) is 4.05. The van der Waals surface area contributed by atoms with E-state index in [0.717, 1.165) is 16.5 Å². The van der Waals surface area contributed by atoms with Crippen LogP contribution in [0.15, 0.2) is 52.4 Å². The van der Waals surface area contributed by atoms with Crippen molar-refractivity contribution in [1.82, 2.24) is 0 Å². The number of amidine groups is 1. The van der Waals surface area contributed by atoms with E-state index in [9.17, 15) is 4.79 Å². The largest absolute Gasteiger partial charge is 0.461 e. The summed E-state index contributed by atoms with van der Waals surface area (Å²) in [7, 11) is 1.59. The molecule has 2 aromatic carbocycles. The summed E-state index contributed by atoms with van der Waals surface area (Å²) in [6.07, 6.45) is 0. The number of ether oxygens (including phenoxy) is 2. The number of anilines is 1. The zero-order valence-electron chi connectivity index (χ0n) is 15.4. The fraction of sp³-hybridized carbons (Fsp3) is 0.200. The lowest BCUT2D eigenvalue weighted by Gasteiger charge is -2.13. The summed E-state index contributed by atoms with van der Waals surface area (Å²) in [6.45, 7) is 0.762. The van der Waals surface area contributed by atoms with Crippen molar-refractivity contribution in [3.8, 4) is 0 Å². The molecule has 0 aliphatic carbocycles. The van der Waals surface area contributed by atoms with E-state index in [2.05, 4.69) is 27.5 Å². The highest BCUT2D eigenvalue weighted by Crippen LogP contribution is 2.31. The maximum atomic E-state index is 11.4. The number of amides is 1. The molecule has 1 amide bonds. The standard InChI is InChI=1S/C20H17Cl2N3O3S/c1-27-8-9-28-20-24-18(12-2-5-14(6-3-12)23-17(26)11-29)19(25-20)13-4-7-15(21)16(22)10-13/h2-7,10-11,18H,8-9H2,1H3,(H,23,26). The Kier molecular flexibility index (Phi) is 7.33. The second kappa shape index (κ2) is 9.93. The van der Waals surface area contributed by atoms with Crippen LogP contribution in [0.25, 0.3) is 0 Å². The van der Waals surface area contributed by atoms with Crippen LogP contribution in [0.2, 0.25) is 10.0 Å². The van der Waals surface area contributed by atoms with Gasteiger partial charge in [-0.1, -0.05) is 53.6 Å². The van der Waals surface area contributed by atoms with Gasteiger partial charge in [0.25, 0.3) is 5.91 Å². The van der Waals surface area contributed by atoms with Crippen molar-refractivity contribution in [2.45, 2.75) is 6.04 Å². The minimum atomic E-state index is -0.389. The van der Waals surface area contributed by atoms with Gasteiger partial charge in [0.05, 0.1) is 27.7 Å².